The van der Waals surface area contributed by atoms with Gasteiger partial charge in [0.1, 0.15) is 6.04 Å². The molecule has 4 nitrogen and oxygen atoms in total. The molecule has 1 aliphatic carbocycles. The van der Waals surface area contributed by atoms with Crippen molar-refractivity contribution in [2.75, 3.05) is 0 Å². The van der Waals surface area contributed by atoms with Gasteiger partial charge in [0.15, 0.2) is 0 Å². The molecule has 1 atom stereocenters. The van der Waals surface area contributed by atoms with Crippen LogP contribution in [0.5, 0.6) is 0 Å². The van der Waals surface area contributed by atoms with Gasteiger partial charge < -0.3 is 10.2 Å². The average molecular weight is 383 g/mol. The monoisotopic (exact) mass is 382 g/mol. The molecule has 5 heteroatoms. The number of rotatable bonds is 4. The normalized spacial score (nSPS) is 20.8. The van der Waals surface area contributed by atoms with Gasteiger partial charge in [0.25, 0.3) is 5.91 Å². The van der Waals surface area contributed by atoms with Crippen molar-refractivity contribution in [3.8, 4) is 0 Å². The van der Waals surface area contributed by atoms with Crippen LogP contribution in [0.3, 0.4) is 0 Å². The van der Waals surface area contributed by atoms with Gasteiger partial charge in [0, 0.05) is 16.5 Å². The van der Waals surface area contributed by atoms with E-state index in [9.17, 15) is 9.59 Å². The third-order valence-electron chi connectivity index (χ3n) is 5.66. The molecule has 1 aromatic heterocycles. The number of benzene rings is 1. The molecule has 0 saturated heterocycles. The first kappa shape index (κ1) is 18.2. The maximum absolute atomic E-state index is 13.3. The molecular weight excluding hydrogens is 356 g/mol. The summed E-state index contributed by atoms with van der Waals surface area (Å²) < 4.78 is 0. The van der Waals surface area contributed by atoms with Crippen LogP contribution in [0, 0.1) is 0 Å². The standard InChI is InChI=1S/C22H26N2O2S/c25-21(23-16-9-4-2-1-3-5-10-16)20-18-12-6-7-13-19(18)22(26)24(20)15-17-11-8-14-27-17/h6-8,11-14,16,20H,1-5,9-10,15H2,(H,23,25)/t20-/m0/s1. The van der Waals surface area contributed by atoms with E-state index in [-0.39, 0.29) is 17.9 Å². The van der Waals surface area contributed by atoms with Crippen molar-refractivity contribution in [1.29, 1.82) is 0 Å². The molecule has 1 saturated carbocycles. The lowest BCUT2D eigenvalue weighted by Gasteiger charge is -2.27. The molecule has 27 heavy (non-hydrogen) atoms. The highest BCUT2D eigenvalue weighted by molar-refractivity contribution is 7.09. The van der Waals surface area contributed by atoms with Crippen molar-refractivity contribution in [2.45, 2.75) is 63.6 Å². The highest BCUT2D eigenvalue weighted by Gasteiger charge is 2.41. The highest BCUT2D eigenvalue weighted by atomic mass is 32.1. The Kier molecular flexibility index (Phi) is 5.58. The first-order valence-corrected chi connectivity index (χ1v) is 10.8. The van der Waals surface area contributed by atoms with E-state index in [0.29, 0.717) is 12.1 Å². The number of thiophene rings is 1. The molecule has 2 amide bonds. The summed E-state index contributed by atoms with van der Waals surface area (Å²) in [6.07, 6.45) is 8.23. The molecule has 1 N–H and O–H groups in total. The van der Waals surface area contributed by atoms with E-state index in [1.807, 2.05) is 41.8 Å². The fourth-order valence-corrected chi connectivity index (χ4v) is 4.97. The van der Waals surface area contributed by atoms with E-state index in [0.717, 1.165) is 23.3 Å². The Morgan fingerprint density at radius 2 is 1.78 bits per heavy atom. The van der Waals surface area contributed by atoms with Gasteiger partial charge in [-0.1, -0.05) is 56.4 Å². The minimum Gasteiger partial charge on any atom is -0.351 e. The Hall–Kier alpha value is -2.14. The molecule has 1 aromatic carbocycles. The second kappa shape index (κ2) is 8.26. The van der Waals surface area contributed by atoms with Crippen molar-refractivity contribution in [2.24, 2.45) is 0 Å². The second-order valence-electron chi connectivity index (χ2n) is 7.55. The largest absolute Gasteiger partial charge is 0.351 e. The van der Waals surface area contributed by atoms with Crippen LogP contribution in [0.1, 0.15) is 71.8 Å². The number of nitrogens with zero attached hydrogens (tertiary/aromatic N) is 1. The Morgan fingerprint density at radius 1 is 1.04 bits per heavy atom. The summed E-state index contributed by atoms with van der Waals surface area (Å²) in [4.78, 5) is 29.1. The van der Waals surface area contributed by atoms with Crippen molar-refractivity contribution >= 4 is 23.2 Å². The van der Waals surface area contributed by atoms with Crippen LogP contribution in [0.2, 0.25) is 0 Å². The molecule has 0 radical (unpaired) electrons. The van der Waals surface area contributed by atoms with E-state index in [1.54, 1.807) is 16.2 Å². The van der Waals surface area contributed by atoms with E-state index >= 15 is 0 Å². The number of carbonyl (C=O) groups excluding carboxylic acids is 2. The molecule has 0 spiro atoms. The molecule has 4 rings (SSSR count). The zero-order valence-electron chi connectivity index (χ0n) is 15.5. The third kappa shape index (κ3) is 3.93. The predicted molar refractivity (Wildman–Crippen MR) is 108 cm³/mol. The van der Waals surface area contributed by atoms with Gasteiger partial charge in [0.05, 0.1) is 6.54 Å². The molecule has 2 heterocycles. The van der Waals surface area contributed by atoms with Crippen LogP contribution in [-0.2, 0) is 11.3 Å². The quantitative estimate of drug-likeness (QED) is 0.835. The van der Waals surface area contributed by atoms with Crippen molar-refractivity contribution in [3.63, 3.8) is 0 Å². The summed E-state index contributed by atoms with van der Waals surface area (Å²) in [6, 6.07) is 11.2. The lowest BCUT2D eigenvalue weighted by molar-refractivity contribution is -0.126. The summed E-state index contributed by atoms with van der Waals surface area (Å²) in [5.74, 6) is -0.0766. The molecule has 2 aliphatic rings. The second-order valence-corrected chi connectivity index (χ2v) is 8.59. The summed E-state index contributed by atoms with van der Waals surface area (Å²) in [7, 11) is 0. The third-order valence-corrected chi connectivity index (χ3v) is 6.53. The van der Waals surface area contributed by atoms with Crippen molar-refractivity contribution in [1.82, 2.24) is 10.2 Å². The summed E-state index contributed by atoms with van der Waals surface area (Å²) in [5.41, 5.74) is 1.49. The minimum atomic E-state index is -0.527. The first-order valence-electron chi connectivity index (χ1n) is 9.96. The van der Waals surface area contributed by atoms with Gasteiger partial charge in [-0.25, -0.2) is 0 Å². The number of nitrogens with one attached hydrogen (secondary N) is 1. The van der Waals surface area contributed by atoms with Crippen LogP contribution in [0.25, 0.3) is 0 Å². The van der Waals surface area contributed by atoms with Crippen molar-refractivity contribution in [3.05, 3.63) is 57.8 Å². The molecule has 2 aromatic rings. The Bertz CT molecular complexity index is 794. The summed E-state index contributed by atoms with van der Waals surface area (Å²) in [5, 5.41) is 5.28. The van der Waals surface area contributed by atoms with Gasteiger partial charge in [-0.3, -0.25) is 9.59 Å². The van der Waals surface area contributed by atoms with Gasteiger partial charge in [-0.2, -0.15) is 0 Å². The van der Waals surface area contributed by atoms with Crippen LogP contribution in [-0.4, -0.2) is 22.8 Å². The smallest absolute Gasteiger partial charge is 0.255 e. The molecule has 142 valence electrons. The van der Waals surface area contributed by atoms with Gasteiger partial charge in [-0.05, 0) is 35.9 Å². The number of hydrogen-bond donors (Lipinski definition) is 1. The zero-order valence-corrected chi connectivity index (χ0v) is 16.3. The van der Waals surface area contributed by atoms with E-state index < -0.39 is 6.04 Å². The SMILES string of the molecule is O=C(NC1CCCCCCC1)[C@@H]1c2ccccc2C(=O)N1Cc1cccs1. The first-order chi connectivity index (χ1) is 13.2. The lowest BCUT2D eigenvalue weighted by Crippen LogP contribution is -2.43. The summed E-state index contributed by atoms with van der Waals surface area (Å²) in [6.45, 7) is 0.480. The topological polar surface area (TPSA) is 49.4 Å². The van der Waals surface area contributed by atoms with E-state index in [1.165, 1.54) is 32.1 Å². The van der Waals surface area contributed by atoms with Gasteiger partial charge >= 0.3 is 0 Å². The highest BCUT2D eigenvalue weighted by Crippen LogP contribution is 2.35. The molecule has 1 fully saturated rings. The van der Waals surface area contributed by atoms with Gasteiger partial charge in [-0.15, -0.1) is 11.3 Å². The van der Waals surface area contributed by atoms with E-state index in [2.05, 4.69) is 5.32 Å². The fraction of sp³-hybridized carbons (Fsp3) is 0.455. The Morgan fingerprint density at radius 3 is 2.52 bits per heavy atom. The maximum Gasteiger partial charge on any atom is 0.255 e. The molecular formula is C22H26N2O2S. The number of fused-ring (bicyclic) bond motifs is 1. The maximum atomic E-state index is 13.3. The number of amides is 2. The number of carbonyl (C=O) groups is 2. The molecule has 1 aliphatic heterocycles. The average Bonchev–Trinajstić information content (AvgIpc) is 3.25. The van der Waals surface area contributed by atoms with Crippen LogP contribution in [0.4, 0.5) is 0 Å². The molecule has 0 unspecified atom stereocenters. The molecule has 0 bridgehead atoms. The van der Waals surface area contributed by atoms with Crippen LogP contribution < -0.4 is 5.32 Å². The summed E-state index contributed by atoms with van der Waals surface area (Å²) >= 11 is 1.62. The van der Waals surface area contributed by atoms with Crippen LogP contribution >= 0.6 is 11.3 Å². The van der Waals surface area contributed by atoms with Crippen LogP contribution in [0.15, 0.2) is 41.8 Å². The predicted octanol–water partition coefficient (Wildman–Crippen LogP) is 4.67. The zero-order chi connectivity index (χ0) is 18.6. The fourth-order valence-electron chi connectivity index (χ4n) is 4.27. The van der Waals surface area contributed by atoms with E-state index in [4.69, 9.17) is 0 Å². The minimum absolute atomic E-state index is 0.0320. The Balaban J connectivity index is 1.56. The number of hydrogen-bond acceptors (Lipinski definition) is 3. The van der Waals surface area contributed by atoms with Gasteiger partial charge in [0.2, 0.25) is 5.91 Å². The Labute approximate surface area is 164 Å². The lowest BCUT2D eigenvalue weighted by atomic mass is 9.96. The van der Waals surface area contributed by atoms with Crippen molar-refractivity contribution < 1.29 is 9.59 Å².